The number of ether oxygens (including phenoxy) is 1. The van der Waals surface area contributed by atoms with E-state index in [1.165, 1.54) is 12.0 Å². The molecule has 0 aliphatic carbocycles. The summed E-state index contributed by atoms with van der Waals surface area (Å²) in [4.78, 5) is 26.2. The van der Waals surface area contributed by atoms with Crippen LogP contribution in [0.2, 0.25) is 0 Å². The summed E-state index contributed by atoms with van der Waals surface area (Å²) in [7, 11) is 1.46. The average molecular weight is 438 g/mol. The molecule has 2 aromatic rings. The molecule has 3 rings (SSSR count). The van der Waals surface area contributed by atoms with Crippen molar-refractivity contribution in [2.45, 2.75) is 44.0 Å². The fraction of sp³-hybridized carbons (Fsp3) is 0.476. The first kappa shape index (κ1) is 22.8. The average Bonchev–Trinajstić information content (AvgIpc) is 3.21. The molecule has 0 unspecified atom stereocenters. The van der Waals surface area contributed by atoms with Crippen molar-refractivity contribution in [1.29, 1.82) is 0 Å². The summed E-state index contributed by atoms with van der Waals surface area (Å²) in [5.41, 5.74) is 0.722. The number of carbonyl (C=O) groups is 2. The maximum Gasteiger partial charge on any atom is 0.389 e. The molecule has 0 radical (unpaired) electrons. The highest BCUT2D eigenvalue weighted by atomic mass is 19.4. The largest absolute Gasteiger partial charge is 0.389 e. The van der Waals surface area contributed by atoms with Crippen LogP contribution >= 0.6 is 0 Å². The van der Waals surface area contributed by atoms with Crippen LogP contribution in [0.5, 0.6) is 0 Å². The Kier molecular flexibility index (Phi) is 7.32. The molecular weight excluding hydrogens is 413 g/mol. The molecular formula is C21H25F3N4O3. The van der Waals surface area contributed by atoms with E-state index in [1.807, 2.05) is 18.2 Å². The lowest BCUT2D eigenvalue weighted by Crippen LogP contribution is -2.39. The molecule has 1 atom stereocenters. The highest BCUT2D eigenvalue weighted by molar-refractivity contribution is 5.94. The molecule has 168 valence electrons. The number of carbonyl (C=O) groups excluding carboxylic acids is 2. The van der Waals surface area contributed by atoms with Gasteiger partial charge in [0.1, 0.15) is 5.82 Å². The number of nitrogens with one attached hydrogen (secondary N) is 1. The summed E-state index contributed by atoms with van der Waals surface area (Å²) < 4.78 is 44.1. The zero-order valence-corrected chi connectivity index (χ0v) is 17.1. The van der Waals surface area contributed by atoms with E-state index in [1.54, 1.807) is 29.1 Å². The molecule has 31 heavy (non-hydrogen) atoms. The minimum atomic E-state index is -4.34. The van der Waals surface area contributed by atoms with Crippen LogP contribution in [0.15, 0.2) is 42.6 Å². The van der Waals surface area contributed by atoms with Crippen molar-refractivity contribution in [3.8, 4) is 0 Å². The summed E-state index contributed by atoms with van der Waals surface area (Å²) in [5.74, 6) is -0.324. The van der Waals surface area contributed by atoms with E-state index in [-0.39, 0.29) is 11.9 Å². The van der Waals surface area contributed by atoms with Crippen molar-refractivity contribution in [2.24, 2.45) is 0 Å². The van der Waals surface area contributed by atoms with Crippen LogP contribution in [-0.2, 0) is 14.3 Å². The van der Waals surface area contributed by atoms with E-state index in [0.29, 0.717) is 31.7 Å². The topological polar surface area (TPSA) is 76.5 Å². The predicted octanol–water partition coefficient (Wildman–Crippen LogP) is 3.72. The summed E-state index contributed by atoms with van der Waals surface area (Å²) >= 11 is 0. The van der Waals surface area contributed by atoms with Crippen LogP contribution in [0.4, 0.5) is 19.0 Å². The second-order valence-corrected chi connectivity index (χ2v) is 7.40. The molecule has 7 nitrogen and oxygen atoms in total. The second-order valence-electron chi connectivity index (χ2n) is 7.40. The van der Waals surface area contributed by atoms with Gasteiger partial charge in [-0.2, -0.15) is 18.3 Å². The quantitative estimate of drug-likeness (QED) is 0.715. The van der Waals surface area contributed by atoms with Gasteiger partial charge in [0.2, 0.25) is 5.91 Å². The summed E-state index contributed by atoms with van der Waals surface area (Å²) in [5, 5.41) is 7.14. The molecule has 10 heteroatoms. The van der Waals surface area contributed by atoms with Gasteiger partial charge < -0.3 is 15.0 Å². The van der Waals surface area contributed by atoms with Gasteiger partial charge in [-0.25, -0.2) is 4.68 Å². The third-order valence-corrected chi connectivity index (χ3v) is 5.28. The lowest BCUT2D eigenvalue weighted by molar-refractivity contribution is -0.149. The molecule has 1 saturated heterocycles. The van der Waals surface area contributed by atoms with Gasteiger partial charge in [0.05, 0.1) is 18.7 Å². The molecule has 0 bridgehead atoms. The van der Waals surface area contributed by atoms with E-state index >= 15 is 0 Å². The Balaban J connectivity index is 1.58. The van der Waals surface area contributed by atoms with E-state index in [9.17, 15) is 22.8 Å². The van der Waals surface area contributed by atoms with Gasteiger partial charge in [0.15, 0.2) is 6.10 Å². The number of hydrogen-bond donors (Lipinski definition) is 1. The summed E-state index contributed by atoms with van der Waals surface area (Å²) in [6, 6.07) is 10.7. The molecule has 2 heterocycles. The Labute approximate surface area is 178 Å². The maximum absolute atomic E-state index is 12.7. The molecule has 0 spiro atoms. The van der Waals surface area contributed by atoms with E-state index in [0.717, 1.165) is 5.56 Å². The smallest absolute Gasteiger partial charge is 0.367 e. The van der Waals surface area contributed by atoms with Crippen LogP contribution in [0.3, 0.4) is 0 Å². The number of piperidine rings is 1. The van der Waals surface area contributed by atoms with Crippen LogP contribution in [0, 0.1) is 0 Å². The van der Waals surface area contributed by atoms with Crippen molar-refractivity contribution in [3.63, 3.8) is 0 Å². The van der Waals surface area contributed by atoms with E-state index in [4.69, 9.17) is 4.74 Å². The Bertz CT molecular complexity index is 877. The Hall–Kier alpha value is -2.88. The number of nitrogens with zero attached hydrogens (tertiary/aromatic N) is 3. The molecule has 1 aliphatic heterocycles. The molecule has 1 N–H and O–H groups in total. The van der Waals surface area contributed by atoms with Crippen LogP contribution in [0.1, 0.15) is 43.4 Å². The molecule has 1 aromatic carbocycles. The molecule has 2 amide bonds. The number of rotatable bonds is 7. The van der Waals surface area contributed by atoms with Crippen molar-refractivity contribution in [2.75, 3.05) is 25.5 Å². The zero-order chi connectivity index (χ0) is 22.4. The van der Waals surface area contributed by atoms with E-state index < -0.39 is 31.0 Å². The van der Waals surface area contributed by atoms with Gasteiger partial charge in [-0.05, 0) is 18.4 Å². The number of methoxy groups -OCH3 is 1. The zero-order valence-electron chi connectivity index (χ0n) is 17.1. The monoisotopic (exact) mass is 438 g/mol. The first-order valence-corrected chi connectivity index (χ1v) is 10.0. The predicted molar refractivity (Wildman–Crippen MR) is 107 cm³/mol. The summed E-state index contributed by atoms with van der Waals surface area (Å²) in [6.45, 7) is 0.693. The van der Waals surface area contributed by atoms with Gasteiger partial charge in [-0.3, -0.25) is 9.59 Å². The van der Waals surface area contributed by atoms with Gasteiger partial charge in [0, 0.05) is 32.7 Å². The number of likely N-dealkylation sites (tertiary alicyclic amines) is 1. The number of hydrogen-bond acceptors (Lipinski definition) is 4. The van der Waals surface area contributed by atoms with Gasteiger partial charge >= 0.3 is 6.18 Å². The molecule has 1 fully saturated rings. The molecule has 0 saturated carbocycles. The first-order chi connectivity index (χ1) is 14.8. The first-order valence-electron chi connectivity index (χ1n) is 10.0. The third-order valence-electron chi connectivity index (χ3n) is 5.28. The van der Waals surface area contributed by atoms with Gasteiger partial charge in [-0.15, -0.1) is 0 Å². The Morgan fingerprint density at radius 1 is 1.19 bits per heavy atom. The third kappa shape index (κ3) is 6.06. The van der Waals surface area contributed by atoms with Gasteiger partial charge in [0.25, 0.3) is 5.91 Å². The van der Waals surface area contributed by atoms with Gasteiger partial charge in [-0.1, -0.05) is 30.3 Å². The van der Waals surface area contributed by atoms with Crippen molar-refractivity contribution in [3.05, 3.63) is 48.2 Å². The minimum absolute atomic E-state index is 0.0744. The fourth-order valence-corrected chi connectivity index (χ4v) is 3.68. The number of benzene rings is 1. The highest BCUT2D eigenvalue weighted by Gasteiger charge is 2.31. The lowest BCUT2D eigenvalue weighted by Gasteiger charge is -2.33. The normalized spacial score (nSPS) is 16.2. The lowest BCUT2D eigenvalue weighted by atomic mass is 10.0. The number of amides is 2. The highest BCUT2D eigenvalue weighted by Crippen LogP contribution is 2.28. The number of alkyl halides is 3. The Morgan fingerprint density at radius 2 is 1.87 bits per heavy atom. The SMILES string of the molecule is CO[C@H](C(=O)Nc1ccnn1C1CCN(C(=O)CCC(F)(F)F)CC1)c1ccccc1. The number of anilines is 1. The summed E-state index contributed by atoms with van der Waals surface area (Å²) in [6.07, 6.45) is -4.11. The second kappa shape index (κ2) is 9.95. The molecule has 1 aromatic heterocycles. The maximum atomic E-state index is 12.7. The number of halogens is 3. The van der Waals surface area contributed by atoms with Crippen LogP contribution < -0.4 is 5.32 Å². The molecule has 1 aliphatic rings. The Morgan fingerprint density at radius 3 is 2.48 bits per heavy atom. The van der Waals surface area contributed by atoms with E-state index in [2.05, 4.69) is 10.4 Å². The standard InChI is InChI=1S/C21H25F3N4O3/c1-31-19(15-5-3-2-4-6-15)20(30)26-17-8-12-25-28(17)16-9-13-27(14-10-16)18(29)7-11-21(22,23)24/h2-6,8,12,16,19H,7,9-11,13-14H2,1H3,(H,26,30)/t19-/m0/s1. The van der Waals surface area contributed by atoms with Crippen molar-refractivity contribution in [1.82, 2.24) is 14.7 Å². The minimum Gasteiger partial charge on any atom is -0.367 e. The number of aromatic nitrogens is 2. The fourth-order valence-electron chi connectivity index (χ4n) is 3.68. The van der Waals surface area contributed by atoms with Crippen LogP contribution in [-0.4, -0.2) is 52.9 Å². The van der Waals surface area contributed by atoms with Crippen molar-refractivity contribution < 1.29 is 27.5 Å². The van der Waals surface area contributed by atoms with Crippen molar-refractivity contribution >= 4 is 17.6 Å². The van der Waals surface area contributed by atoms with Crippen LogP contribution in [0.25, 0.3) is 0 Å².